The van der Waals surface area contributed by atoms with Crippen LogP contribution in [0.15, 0.2) is 42.7 Å². The Bertz CT molecular complexity index is 1300. The van der Waals surface area contributed by atoms with Gasteiger partial charge in [0.05, 0.1) is 23.9 Å². The van der Waals surface area contributed by atoms with Gasteiger partial charge in [-0.3, -0.25) is 0 Å². The maximum absolute atomic E-state index is 14.6. The standard InChI is InChI=1S/C28H31FN6O2/c1-36-24-6-2-5-22(29)27(24)28-31-12-9-25(34-28)33-26-16-23(35-13-3-4-21(30)18-35)20(17-32-26)8-7-19-10-14-37-15-11-19/h2,5-6,9,12,16-17,19,21H,3-4,10-11,13-15,18,30H2,1H3,(H,31,32,33,34)/t21-/m0/s1. The molecular formula is C28H31FN6O2. The van der Waals surface area contributed by atoms with Crippen molar-refractivity contribution in [1.82, 2.24) is 15.0 Å². The maximum Gasteiger partial charge on any atom is 0.168 e. The van der Waals surface area contributed by atoms with Crippen molar-refractivity contribution < 1.29 is 13.9 Å². The van der Waals surface area contributed by atoms with Crippen molar-refractivity contribution in [1.29, 1.82) is 0 Å². The highest BCUT2D eigenvalue weighted by Crippen LogP contribution is 2.31. The van der Waals surface area contributed by atoms with Gasteiger partial charge in [-0.15, -0.1) is 0 Å². The predicted octanol–water partition coefficient (Wildman–Crippen LogP) is 4.14. The summed E-state index contributed by atoms with van der Waals surface area (Å²) in [6.07, 6.45) is 7.32. The van der Waals surface area contributed by atoms with E-state index < -0.39 is 5.82 Å². The van der Waals surface area contributed by atoms with E-state index in [0.717, 1.165) is 63.2 Å². The third-order valence-corrected chi connectivity index (χ3v) is 6.64. The highest BCUT2D eigenvalue weighted by atomic mass is 19.1. The number of rotatable bonds is 5. The smallest absolute Gasteiger partial charge is 0.168 e. The van der Waals surface area contributed by atoms with Crippen molar-refractivity contribution >= 4 is 17.3 Å². The van der Waals surface area contributed by atoms with Crippen LogP contribution in [0.1, 0.15) is 31.2 Å². The van der Waals surface area contributed by atoms with Crippen LogP contribution < -0.4 is 20.7 Å². The normalized spacial score (nSPS) is 18.1. The first kappa shape index (κ1) is 24.9. The Morgan fingerprint density at radius 1 is 1.16 bits per heavy atom. The Kier molecular flexibility index (Phi) is 7.78. The van der Waals surface area contributed by atoms with E-state index in [2.05, 4.69) is 37.0 Å². The van der Waals surface area contributed by atoms with E-state index in [0.29, 0.717) is 23.3 Å². The zero-order valence-corrected chi connectivity index (χ0v) is 20.9. The van der Waals surface area contributed by atoms with E-state index >= 15 is 0 Å². The Hall–Kier alpha value is -3.74. The van der Waals surface area contributed by atoms with E-state index in [9.17, 15) is 4.39 Å². The fourth-order valence-electron chi connectivity index (χ4n) is 4.69. The van der Waals surface area contributed by atoms with Gasteiger partial charge in [-0.2, -0.15) is 0 Å². The second kappa shape index (κ2) is 11.5. The van der Waals surface area contributed by atoms with Crippen LogP contribution in [0.5, 0.6) is 5.75 Å². The Balaban J connectivity index is 1.44. The molecule has 0 saturated carbocycles. The van der Waals surface area contributed by atoms with Crippen molar-refractivity contribution in [2.45, 2.75) is 31.7 Å². The monoisotopic (exact) mass is 502 g/mol. The molecule has 0 amide bonds. The van der Waals surface area contributed by atoms with Gasteiger partial charge in [0, 0.05) is 56.7 Å². The van der Waals surface area contributed by atoms with Gasteiger partial charge in [-0.05, 0) is 43.9 Å². The highest BCUT2D eigenvalue weighted by molar-refractivity contribution is 5.69. The van der Waals surface area contributed by atoms with Gasteiger partial charge in [-0.25, -0.2) is 19.3 Å². The van der Waals surface area contributed by atoms with Gasteiger partial charge >= 0.3 is 0 Å². The summed E-state index contributed by atoms with van der Waals surface area (Å²) in [7, 11) is 1.49. The minimum absolute atomic E-state index is 0.120. The molecule has 1 atom stereocenters. The van der Waals surface area contributed by atoms with Gasteiger partial charge in [0.1, 0.15) is 23.2 Å². The lowest BCUT2D eigenvalue weighted by atomic mass is 10.0. The first-order chi connectivity index (χ1) is 18.1. The van der Waals surface area contributed by atoms with Gasteiger partial charge in [-0.1, -0.05) is 17.9 Å². The number of pyridine rings is 1. The molecule has 4 heterocycles. The number of halogens is 1. The molecule has 3 aromatic rings. The molecule has 0 spiro atoms. The topological polar surface area (TPSA) is 98.4 Å². The first-order valence-corrected chi connectivity index (χ1v) is 12.6. The van der Waals surface area contributed by atoms with Gasteiger partial charge in [0.15, 0.2) is 5.82 Å². The SMILES string of the molecule is COc1cccc(F)c1-c1nccc(Nc2cc(N3CCC[C@H](N)C3)c(C#CC3CCOCC3)cn2)n1. The van der Waals surface area contributed by atoms with Gasteiger partial charge < -0.3 is 25.4 Å². The largest absolute Gasteiger partial charge is 0.496 e. The Morgan fingerprint density at radius 3 is 2.84 bits per heavy atom. The van der Waals surface area contributed by atoms with Crippen molar-refractivity contribution in [2.24, 2.45) is 11.7 Å². The number of hydrogen-bond acceptors (Lipinski definition) is 8. The van der Waals surface area contributed by atoms with E-state index in [1.807, 2.05) is 6.07 Å². The van der Waals surface area contributed by atoms with Crippen molar-refractivity contribution in [2.75, 3.05) is 43.6 Å². The molecule has 37 heavy (non-hydrogen) atoms. The second-order valence-electron chi connectivity index (χ2n) is 9.30. The predicted molar refractivity (Wildman–Crippen MR) is 141 cm³/mol. The van der Waals surface area contributed by atoms with Crippen LogP contribution in [0.3, 0.4) is 0 Å². The quantitative estimate of drug-likeness (QED) is 0.503. The summed E-state index contributed by atoms with van der Waals surface area (Å²) in [4.78, 5) is 15.7. The fourth-order valence-corrected chi connectivity index (χ4v) is 4.69. The zero-order chi connectivity index (χ0) is 25.6. The number of nitrogens with zero attached hydrogens (tertiary/aromatic N) is 4. The molecule has 0 unspecified atom stereocenters. The average molecular weight is 503 g/mol. The van der Waals surface area contributed by atoms with E-state index in [4.69, 9.17) is 15.2 Å². The Morgan fingerprint density at radius 2 is 2.03 bits per heavy atom. The fraction of sp³-hybridized carbons (Fsp3) is 0.393. The molecule has 2 fully saturated rings. The lowest BCUT2D eigenvalue weighted by Gasteiger charge is -2.33. The third-order valence-electron chi connectivity index (χ3n) is 6.64. The molecule has 0 aliphatic carbocycles. The summed E-state index contributed by atoms with van der Waals surface area (Å²) in [5.41, 5.74) is 8.38. The summed E-state index contributed by atoms with van der Waals surface area (Å²) >= 11 is 0. The van der Waals surface area contributed by atoms with E-state index in [1.165, 1.54) is 13.2 Å². The zero-order valence-electron chi connectivity index (χ0n) is 20.9. The number of methoxy groups -OCH3 is 1. The molecule has 2 saturated heterocycles. The van der Waals surface area contributed by atoms with Gasteiger partial charge in [0.25, 0.3) is 0 Å². The molecule has 3 N–H and O–H groups in total. The summed E-state index contributed by atoms with van der Waals surface area (Å²) in [5, 5.41) is 3.25. The van der Waals surface area contributed by atoms with Crippen LogP contribution in [0.2, 0.25) is 0 Å². The molecule has 5 rings (SSSR count). The van der Waals surface area contributed by atoms with Crippen LogP contribution in [0, 0.1) is 23.6 Å². The lowest BCUT2D eigenvalue weighted by Crippen LogP contribution is -2.43. The Labute approximate surface area is 216 Å². The molecule has 8 nitrogen and oxygen atoms in total. The van der Waals surface area contributed by atoms with Gasteiger partial charge in [0.2, 0.25) is 0 Å². The average Bonchev–Trinajstić information content (AvgIpc) is 2.93. The number of nitrogens with one attached hydrogen (secondary N) is 1. The number of piperidine rings is 1. The molecule has 9 heteroatoms. The maximum atomic E-state index is 14.6. The molecule has 2 aliphatic rings. The summed E-state index contributed by atoms with van der Waals surface area (Å²) < 4.78 is 25.4. The number of hydrogen-bond donors (Lipinski definition) is 2. The van der Waals surface area contributed by atoms with Crippen LogP contribution in [0.4, 0.5) is 21.7 Å². The minimum atomic E-state index is -0.453. The molecule has 1 aromatic carbocycles. The molecule has 192 valence electrons. The summed E-state index contributed by atoms with van der Waals surface area (Å²) in [5.74, 6) is 8.37. The van der Waals surface area contributed by atoms with Crippen molar-refractivity contribution in [3.05, 3.63) is 54.1 Å². The third kappa shape index (κ3) is 5.98. The van der Waals surface area contributed by atoms with Crippen LogP contribution in [-0.4, -0.2) is 54.4 Å². The first-order valence-electron chi connectivity index (χ1n) is 12.6. The van der Waals surface area contributed by atoms with Crippen molar-refractivity contribution in [3.63, 3.8) is 0 Å². The second-order valence-corrected chi connectivity index (χ2v) is 9.30. The minimum Gasteiger partial charge on any atom is -0.496 e. The number of nitrogens with two attached hydrogens (primary N) is 1. The number of anilines is 3. The highest BCUT2D eigenvalue weighted by Gasteiger charge is 2.21. The van der Waals surface area contributed by atoms with Crippen LogP contribution in [0.25, 0.3) is 11.4 Å². The van der Waals surface area contributed by atoms with Crippen LogP contribution in [-0.2, 0) is 4.74 Å². The molecule has 0 radical (unpaired) electrons. The molecule has 2 aromatic heterocycles. The molecule has 2 aliphatic heterocycles. The number of ether oxygens (including phenoxy) is 2. The van der Waals surface area contributed by atoms with Crippen molar-refractivity contribution in [3.8, 4) is 29.0 Å². The summed E-state index contributed by atoms with van der Waals surface area (Å²) in [6.45, 7) is 3.19. The summed E-state index contributed by atoms with van der Waals surface area (Å²) in [6, 6.07) is 8.45. The number of benzene rings is 1. The number of aromatic nitrogens is 3. The van der Waals surface area contributed by atoms with Crippen LogP contribution >= 0.6 is 0 Å². The molecule has 0 bridgehead atoms. The molecular weight excluding hydrogens is 471 g/mol. The van der Waals surface area contributed by atoms with E-state index in [1.54, 1.807) is 30.6 Å². The lowest BCUT2D eigenvalue weighted by molar-refractivity contribution is 0.0807. The van der Waals surface area contributed by atoms with E-state index in [-0.39, 0.29) is 17.4 Å².